The molecule has 0 spiro atoms. The highest BCUT2D eigenvalue weighted by atomic mass is 16.5. The molecule has 5 heteroatoms. The lowest BCUT2D eigenvalue weighted by Crippen LogP contribution is -2.45. The summed E-state index contributed by atoms with van der Waals surface area (Å²) in [5.74, 6) is -1.06. The lowest BCUT2D eigenvalue weighted by Gasteiger charge is -2.22. The topological polar surface area (TPSA) is 66.8 Å². The minimum absolute atomic E-state index is 0.0381. The van der Waals surface area contributed by atoms with Gasteiger partial charge in [0.2, 0.25) is 5.91 Å². The second-order valence-electron chi connectivity index (χ2n) is 3.93. The van der Waals surface area contributed by atoms with Crippen LogP contribution in [0.25, 0.3) is 0 Å². The Labute approximate surface area is 81.6 Å². The van der Waals surface area contributed by atoms with Crippen molar-refractivity contribution in [3.63, 3.8) is 0 Å². The van der Waals surface area contributed by atoms with Gasteiger partial charge in [-0.25, -0.2) is 4.79 Å². The molecule has 5 nitrogen and oxygen atoms in total. The fraction of sp³-hybridized carbons (Fsp3) is 0.778. The first-order valence-electron chi connectivity index (χ1n) is 4.69. The van der Waals surface area contributed by atoms with Crippen molar-refractivity contribution in [2.24, 2.45) is 5.92 Å². The summed E-state index contributed by atoms with van der Waals surface area (Å²) in [5, 5.41) is 9.11. The Morgan fingerprint density at radius 2 is 2.29 bits per heavy atom. The van der Waals surface area contributed by atoms with Crippen LogP contribution in [0.1, 0.15) is 13.3 Å². The molecule has 0 aromatic heterocycles. The maximum absolute atomic E-state index is 11.1. The number of likely N-dealkylation sites (tertiary alicyclic amines) is 1. The molecule has 2 aliphatic heterocycles. The SMILES string of the molecule is CC(=O)N1C[C@@H]2CCO[C@]2(C(=O)O)C1. The Kier molecular flexibility index (Phi) is 1.99. The highest BCUT2D eigenvalue weighted by molar-refractivity contribution is 5.82. The molecule has 0 aromatic carbocycles. The Hall–Kier alpha value is -1.10. The normalized spacial score (nSPS) is 35.8. The molecule has 0 aromatic rings. The molecular formula is C9H13NO4. The van der Waals surface area contributed by atoms with Gasteiger partial charge in [0, 0.05) is 26.0 Å². The van der Waals surface area contributed by atoms with E-state index in [0.717, 1.165) is 6.42 Å². The third-order valence-electron chi connectivity index (χ3n) is 3.16. The van der Waals surface area contributed by atoms with Crippen LogP contribution >= 0.6 is 0 Å². The molecule has 78 valence electrons. The average Bonchev–Trinajstić information content (AvgIpc) is 2.57. The molecule has 2 atom stereocenters. The van der Waals surface area contributed by atoms with Crippen molar-refractivity contribution in [3.8, 4) is 0 Å². The molecule has 0 saturated carbocycles. The molecule has 0 radical (unpaired) electrons. The summed E-state index contributed by atoms with van der Waals surface area (Å²) in [6.07, 6.45) is 0.732. The number of ether oxygens (including phenoxy) is 1. The Balaban J connectivity index is 2.23. The third-order valence-corrected chi connectivity index (χ3v) is 3.16. The van der Waals surface area contributed by atoms with Gasteiger partial charge in [-0.15, -0.1) is 0 Å². The van der Waals surface area contributed by atoms with E-state index in [1.165, 1.54) is 6.92 Å². The first kappa shape index (κ1) is 9.45. The minimum Gasteiger partial charge on any atom is -0.479 e. The van der Waals surface area contributed by atoms with Gasteiger partial charge in [-0.3, -0.25) is 4.79 Å². The van der Waals surface area contributed by atoms with E-state index < -0.39 is 11.6 Å². The molecule has 2 saturated heterocycles. The maximum Gasteiger partial charge on any atom is 0.338 e. The van der Waals surface area contributed by atoms with Crippen LogP contribution in [0.3, 0.4) is 0 Å². The summed E-state index contributed by atoms with van der Waals surface area (Å²) in [6.45, 7) is 2.66. The number of fused-ring (bicyclic) bond motifs is 1. The molecule has 2 rings (SSSR count). The quantitative estimate of drug-likeness (QED) is 0.630. The molecule has 1 N–H and O–H groups in total. The van der Waals surface area contributed by atoms with Gasteiger partial charge in [0.1, 0.15) is 0 Å². The van der Waals surface area contributed by atoms with E-state index in [1.54, 1.807) is 4.90 Å². The highest BCUT2D eigenvalue weighted by Gasteiger charge is 2.57. The van der Waals surface area contributed by atoms with Gasteiger partial charge in [0.15, 0.2) is 5.60 Å². The number of hydrogen-bond donors (Lipinski definition) is 1. The predicted octanol–water partition coefficient (Wildman–Crippen LogP) is -0.292. The standard InChI is InChI=1S/C9H13NO4/c1-6(11)10-4-7-2-3-14-9(7,5-10)8(12)13/h7H,2-5H2,1H3,(H,12,13)/t7-,9+/m0/s1. The average molecular weight is 199 g/mol. The van der Waals surface area contributed by atoms with Crippen molar-refractivity contribution in [1.29, 1.82) is 0 Å². The lowest BCUT2D eigenvalue weighted by molar-refractivity contribution is -0.161. The second-order valence-corrected chi connectivity index (χ2v) is 3.93. The van der Waals surface area contributed by atoms with E-state index in [9.17, 15) is 9.59 Å². The van der Waals surface area contributed by atoms with Crippen molar-refractivity contribution < 1.29 is 19.4 Å². The monoisotopic (exact) mass is 199 g/mol. The van der Waals surface area contributed by atoms with Crippen molar-refractivity contribution in [1.82, 2.24) is 4.90 Å². The van der Waals surface area contributed by atoms with Crippen molar-refractivity contribution in [2.75, 3.05) is 19.7 Å². The largest absolute Gasteiger partial charge is 0.479 e. The van der Waals surface area contributed by atoms with Gasteiger partial charge < -0.3 is 14.7 Å². The number of carbonyl (C=O) groups is 2. The summed E-state index contributed by atoms with van der Waals surface area (Å²) in [7, 11) is 0. The number of hydrogen-bond acceptors (Lipinski definition) is 3. The van der Waals surface area contributed by atoms with E-state index in [4.69, 9.17) is 9.84 Å². The Morgan fingerprint density at radius 3 is 2.79 bits per heavy atom. The van der Waals surface area contributed by atoms with Crippen LogP contribution in [-0.2, 0) is 14.3 Å². The summed E-state index contributed by atoms with van der Waals surface area (Å²) >= 11 is 0. The first-order valence-corrected chi connectivity index (χ1v) is 4.69. The Bertz CT molecular complexity index is 291. The molecule has 0 unspecified atom stereocenters. The van der Waals surface area contributed by atoms with Gasteiger partial charge in [-0.05, 0) is 6.42 Å². The van der Waals surface area contributed by atoms with Crippen LogP contribution in [0.4, 0.5) is 0 Å². The van der Waals surface area contributed by atoms with Gasteiger partial charge >= 0.3 is 5.97 Å². The van der Waals surface area contributed by atoms with E-state index >= 15 is 0 Å². The van der Waals surface area contributed by atoms with Gasteiger partial charge in [0.25, 0.3) is 0 Å². The van der Waals surface area contributed by atoms with Gasteiger partial charge in [-0.1, -0.05) is 0 Å². The van der Waals surface area contributed by atoms with E-state index in [2.05, 4.69) is 0 Å². The smallest absolute Gasteiger partial charge is 0.338 e. The van der Waals surface area contributed by atoms with E-state index in [0.29, 0.717) is 13.2 Å². The number of carbonyl (C=O) groups excluding carboxylic acids is 1. The second kappa shape index (κ2) is 2.95. The third kappa shape index (κ3) is 1.12. The van der Waals surface area contributed by atoms with Gasteiger partial charge in [0.05, 0.1) is 6.54 Å². The zero-order valence-electron chi connectivity index (χ0n) is 8.02. The summed E-state index contributed by atoms with van der Waals surface area (Å²) in [5.41, 5.74) is -1.12. The Morgan fingerprint density at radius 1 is 1.57 bits per heavy atom. The maximum atomic E-state index is 11.1. The number of aliphatic carboxylic acids is 1. The fourth-order valence-corrected chi connectivity index (χ4v) is 2.31. The highest BCUT2D eigenvalue weighted by Crippen LogP contribution is 2.39. The van der Waals surface area contributed by atoms with Crippen LogP contribution in [0.5, 0.6) is 0 Å². The van der Waals surface area contributed by atoms with E-state index in [1.807, 2.05) is 0 Å². The van der Waals surface area contributed by atoms with Crippen LogP contribution < -0.4 is 0 Å². The van der Waals surface area contributed by atoms with Crippen molar-refractivity contribution in [3.05, 3.63) is 0 Å². The molecule has 0 bridgehead atoms. The molecule has 2 fully saturated rings. The number of rotatable bonds is 1. The minimum atomic E-state index is -1.12. The number of carboxylic acids is 1. The lowest BCUT2D eigenvalue weighted by atomic mass is 9.91. The van der Waals surface area contributed by atoms with Crippen LogP contribution in [0, 0.1) is 5.92 Å². The number of carboxylic acid groups (broad SMARTS) is 1. The first-order chi connectivity index (χ1) is 6.56. The summed E-state index contributed by atoms with van der Waals surface area (Å²) in [6, 6.07) is 0. The van der Waals surface area contributed by atoms with Crippen LogP contribution in [0.2, 0.25) is 0 Å². The number of amides is 1. The summed E-state index contributed by atoms with van der Waals surface area (Å²) < 4.78 is 5.31. The molecule has 2 aliphatic rings. The van der Waals surface area contributed by atoms with E-state index in [-0.39, 0.29) is 18.4 Å². The zero-order chi connectivity index (χ0) is 10.3. The molecular weight excluding hydrogens is 186 g/mol. The molecule has 0 aliphatic carbocycles. The fourth-order valence-electron chi connectivity index (χ4n) is 2.31. The summed E-state index contributed by atoms with van der Waals surface area (Å²) in [4.78, 5) is 23.8. The van der Waals surface area contributed by atoms with Gasteiger partial charge in [-0.2, -0.15) is 0 Å². The van der Waals surface area contributed by atoms with Crippen molar-refractivity contribution >= 4 is 11.9 Å². The molecule has 1 amide bonds. The molecule has 14 heavy (non-hydrogen) atoms. The van der Waals surface area contributed by atoms with Crippen LogP contribution in [0.15, 0.2) is 0 Å². The van der Waals surface area contributed by atoms with Crippen molar-refractivity contribution in [2.45, 2.75) is 18.9 Å². The molecule has 2 heterocycles. The van der Waals surface area contributed by atoms with Crippen LogP contribution in [-0.4, -0.2) is 47.2 Å². The predicted molar refractivity (Wildman–Crippen MR) is 46.7 cm³/mol. The number of nitrogens with zero attached hydrogens (tertiary/aromatic N) is 1. The zero-order valence-corrected chi connectivity index (χ0v) is 8.02.